The van der Waals surface area contributed by atoms with Crippen LogP contribution in [0.3, 0.4) is 0 Å². The average Bonchev–Trinajstić information content (AvgIpc) is 2.25. The van der Waals surface area contributed by atoms with Gasteiger partial charge >= 0.3 is 0 Å². The molecule has 0 aliphatic carbocycles. The minimum absolute atomic E-state index is 0.146. The minimum atomic E-state index is -2.81. The molecule has 0 rings (SSSR count). The Kier molecular flexibility index (Phi) is 7.16. The number of alkyl halides is 2. The fraction of sp³-hybridized carbons (Fsp3) is 0.846. The first-order valence-electron chi connectivity index (χ1n) is 6.28. The quantitative estimate of drug-likeness (QED) is 0.582. The van der Waals surface area contributed by atoms with Gasteiger partial charge in [-0.1, -0.05) is 20.8 Å². The van der Waals surface area contributed by atoms with Gasteiger partial charge in [0.15, 0.2) is 0 Å². The number of rotatable bonds is 9. The third-order valence-corrected chi connectivity index (χ3v) is 2.96. The number of carbonyl (C=O) groups is 2. The lowest BCUT2D eigenvalue weighted by Crippen LogP contribution is -2.29. The van der Waals surface area contributed by atoms with Crippen LogP contribution in [-0.4, -0.2) is 17.5 Å². The number of halogens is 2. The van der Waals surface area contributed by atoms with Crippen LogP contribution in [0.5, 0.6) is 0 Å². The molecule has 4 heteroatoms. The lowest BCUT2D eigenvalue weighted by atomic mass is 9.89. The van der Waals surface area contributed by atoms with Crippen molar-refractivity contribution >= 4 is 11.6 Å². The Balaban J connectivity index is 4.30. The molecule has 0 amide bonds. The predicted octanol–water partition coefficient (Wildman–Crippen LogP) is 3.78. The number of Topliss-reactive ketones (excluding diaryl/α,β-unsaturated/α-hetero) is 2. The smallest absolute Gasteiger partial charge is 0.251 e. The van der Waals surface area contributed by atoms with Crippen LogP contribution in [0, 0.1) is 5.92 Å². The summed E-state index contributed by atoms with van der Waals surface area (Å²) in [6, 6.07) is 0. The summed E-state index contributed by atoms with van der Waals surface area (Å²) >= 11 is 0. The van der Waals surface area contributed by atoms with Crippen LogP contribution in [0.4, 0.5) is 8.78 Å². The van der Waals surface area contributed by atoms with Crippen molar-refractivity contribution in [2.75, 3.05) is 0 Å². The monoisotopic (exact) mass is 248 g/mol. The van der Waals surface area contributed by atoms with Gasteiger partial charge in [0.1, 0.15) is 11.6 Å². The van der Waals surface area contributed by atoms with Crippen LogP contribution in [0.1, 0.15) is 59.3 Å². The van der Waals surface area contributed by atoms with E-state index in [0.717, 1.165) is 0 Å². The highest BCUT2D eigenvalue weighted by Crippen LogP contribution is 2.33. The van der Waals surface area contributed by atoms with Crippen LogP contribution in [0.2, 0.25) is 0 Å². The maximum atomic E-state index is 13.4. The molecule has 0 saturated carbocycles. The Labute approximate surface area is 102 Å². The first-order valence-corrected chi connectivity index (χ1v) is 6.28. The third-order valence-electron chi connectivity index (χ3n) is 2.96. The van der Waals surface area contributed by atoms with Crippen LogP contribution in [0.15, 0.2) is 0 Å². The van der Waals surface area contributed by atoms with Gasteiger partial charge in [-0.25, -0.2) is 8.78 Å². The van der Waals surface area contributed by atoms with Gasteiger partial charge in [-0.15, -0.1) is 0 Å². The van der Waals surface area contributed by atoms with Gasteiger partial charge in [-0.2, -0.15) is 0 Å². The molecule has 0 heterocycles. The second-order valence-corrected chi connectivity index (χ2v) is 4.43. The second kappa shape index (κ2) is 7.51. The minimum Gasteiger partial charge on any atom is -0.299 e. The van der Waals surface area contributed by atoms with E-state index in [-0.39, 0.29) is 37.2 Å². The molecule has 0 radical (unpaired) electrons. The maximum Gasteiger partial charge on any atom is 0.251 e. The van der Waals surface area contributed by atoms with Crippen molar-refractivity contribution in [1.29, 1.82) is 0 Å². The first-order chi connectivity index (χ1) is 7.87. The highest BCUT2D eigenvalue weighted by Gasteiger charge is 2.37. The van der Waals surface area contributed by atoms with Crippen molar-refractivity contribution in [3.8, 4) is 0 Å². The van der Waals surface area contributed by atoms with E-state index >= 15 is 0 Å². The fourth-order valence-electron chi connectivity index (χ4n) is 1.82. The van der Waals surface area contributed by atoms with Crippen LogP contribution in [-0.2, 0) is 9.59 Å². The molecule has 0 aliphatic rings. The van der Waals surface area contributed by atoms with Crippen molar-refractivity contribution in [1.82, 2.24) is 0 Å². The molecular weight excluding hydrogens is 226 g/mol. The van der Waals surface area contributed by atoms with E-state index in [9.17, 15) is 18.4 Å². The van der Waals surface area contributed by atoms with Crippen molar-refractivity contribution < 1.29 is 18.4 Å². The van der Waals surface area contributed by atoms with E-state index in [1.165, 1.54) is 6.92 Å². The summed E-state index contributed by atoms with van der Waals surface area (Å²) in [7, 11) is 0. The molecule has 0 aromatic heterocycles. The molecule has 100 valence electrons. The molecule has 0 aliphatic heterocycles. The van der Waals surface area contributed by atoms with Crippen molar-refractivity contribution in [3.05, 3.63) is 0 Å². The van der Waals surface area contributed by atoms with Crippen LogP contribution in [0.25, 0.3) is 0 Å². The molecule has 1 atom stereocenters. The molecule has 1 unspecified atom stereocenters. The summed E-state index contributed by atoms with van der Waals surface area (Å²) in [5.74, 6) is -4.25. The van der Waals surface area contributed by atoms with E-state index in [1.807, 2.05) is 6.92 Å². The van der Waals surface area contributed by atoms with E-state index in [1.54, 1.807) is 6.92 Å². The van der Waals surface area contributed by atoms with Crippen LogP contribution >= 0.6 is 0 Å². The highest BCUT2D eigenvalue weighted by molar-refractivity contribution is 5.99. The van der Waals surface area contributed by atoms with Gasteiger partial charge in [-0.05, 0) is 12.8 Å². The number of hydrogen-bond acceptors (Lipinski definition) is 2. The zero-order valence-electron chi connectivity index (χ0n) is 10.9. The number of carbonyl (C=O) groups excluding carboxylic acids is 2. The van der Waals surface area contributed by atoms with Gasteiger partial charge in [0.05, 0.1) is 6.42 Å². The molecule has 0 aromatic carbocycles. The van der Waals surface area contributed by atoms with Gasteiger partial charge in [0.25, 0.3) is 5.92 Å². The Morgan fingerprint density at radius 2 is 1.71 bits per heavy atom. The fourth-order valence-corrected chi connectivity index (χ4v) is 1.82. The topological polar surface area (TPSA) is 34.1 Å². The van der Waals surface area contributed by atoms with Crippen molar-refractivity contribution in [2.24, 2.45) is 5.92 Å². The molecule has 17 heavy (non-hydrogen) atoms. The molecule has 0 N–H and O–H groups in total. The molecule has 2 nitrogen and oxygen atoms in total. The van der Waals surface area contributed by atoms with E-state index in [2.05, 4.69) is 0 Å². The summed E-state index contributed by atoms with van der Waals surface area (Å²) in [5, 5.41) is 0. The third kappa shape index (κ3) is 5.89. The molecule has 0 fully saturated rings. The first kappa shape index (κ1) is 16.2. The summed E-state index contributed by atoms with van der Waals surface area (Å²) in [6.07, 6.45) is 0.661. The normalized spacial score (nSPS) is 13.5. The zero-order chi connectivity index (χ0) is 13.5. The SMILES string of the molecule is CCCC(=O)CC(=O)CC(CC)C(F)(F)CC. The van der Waals surface area contributed by atoms with Gasteiger partial charge in [0.2, 0.25) is 0 Å². The average molecular weight is 248 g/mol. The summed E-state index contributed by atoms with van der Waals surface area (Å²) in [4.78, 5) is 22.7. The van der Waals surface area contributed by atoms with Crippen molar-refractivity contribution in [3.63, 3.8) is 0 Å². The van der Waals surface area contributed by atoms with Gasteiger partial charge in [0, 0.05) is 25.2 Å². The van der Waals surface area contributed by atoms with Crippen LogP contribution < -0.4 is 0 Å². The molecule has 0 spiro atoms. The lowest BCUT2D eigenvalue weighted by Gasteiger charge is -2.24. The summed E-state index contributed by atoms with van der Waals surface area (Å²) in [5.41, 5.74) is 0. The molecular formula is C13H22F2O2. The second-order valence-electron chi connectivity index (χ2n) is 4.43. The lowest BCUT2D eigenvalue weighted by molar-refractivity contribution is -0.131. The molecule has 0 aromatic rings. The Morgan fingerprint density at radius 1 is 1.12 bits per heavy atom. The van der Waals surface area contributed by atoms with Crippen molar-refractivity contribution in [2.45, 2.75) is 65.2 Å². The Morgan fingerprint density at radius 3 is 2.12 bits per heavy atom. The zero-order valence-corrected chi connectivity index (χ0v) is 10.9. The largest absolute Gasteiger partial charge is 0.299 e. The highest BCUT2D eigenvalue weighted by atomic mass is 19.3. The summed E-state index contributed by atoms with van der Waals surface area (Å²) in [6.45, 7) is 4.91. The Bertz CT molecular complexity index is 262. The van der Waals surface area contributed by atoms with Gasteiger partial charge < -0.3 is 0 Å². The molecule has 0 saturated heterocycles. The predicted molar refractivity (Wildman–Crippen MR) is 63.2 cm³/mol. The number of ketones is 2. The van der Waals surface area contributed by atoms with E-state index < -0.39 is 11.8 Å². The summed E-state index contributed by atoms with van der Waals surface area (Å²) < 4.78 is 26.9. The maximum absolute atomic E-state index is 13.4. The van der Waals surface area contributed by atoms with Gasteiger partial charge in [-0.3, -0.25) is 9.59 Å². The Hall–Kier alpha value is -0.800. The molecule has 0 bridgehead atoms. The van der Waals surface area contributed by atoms with E-state index in [0.29, 0.717) is 12.8 Å². The standard InChI is InChI=1S/C13H22F2O2/c1-4-7-11(16)9-12(17)8-10(5-2)13(14,15)6-3/h10H,4-9H2,1-3H3. The number of hydrogen-bond donors (Lipinski definition) is 0. The van der Waals surface area contributed by atoms with E-state index in [4.69, 9.17) is 0 Å².